The fourth-order valence-corrected chi connectivity index (χ4v) is 2.58. The van der Waals surface area contributed by atoms with Gasteiger partial charge in [0.1, 0.15) is 0 Å². The molecular weight excluding hydrogens is 280 g/mol. The molecule has 0 radical (unpaired) electrons. The zero-order valence-corrected chi connectivity index (χ0v) is 12.9. The summed E-state index contributed by atoms with van der Waals surface area (Å²) in [7, 11) is 0. The Morgan fingerprint density at radius 1 is 1.32 bits per heavy atom. The zero-order valence-electron chi connectivity index (χ0n) is 11.3. The Balaban J connectivity index is 0.00000324. The molecule has 1 amide bonds. The monoisotopic (exact) mass is 302 g/mol. The van der Waals surface area contributed by atoms with E-state index in [1.54, 1.807) is 11.8 Å². The second-order valence-corrected chi connectivity index (χ2v) is 5.39. The van der Waals surface area contributed by atoms with Crippen LogP contribution in [0.1, 0.15) is 26.2 Å². The summed E-state index contributed by atoms with van der Waals surface area (Å²) in [6.45, 7) is 3.45. The summed E-state index contributed by atoms with van der Waals surface area (Å²) in [5.74, 6) is 0.128. The second kappa shape index (κ2) is 11.1. The molecule has 0 spiro atoms. The van der Waals surface area contributed by atoms with Gasteiger partial charge in [-0.05, 0) is 37.9 Å². The molecule has 0 aliphatic heterocycles. The van der Waals surface area contributed by atoms with Crippen LogP contribution < -0.4 is 11.1 Å². The van der Waals surface area contributed by atoms with Crippen molar-refractivity contribution in [3.05, 3.63) is 30.3 Å². The number of carbonyl (C=O) groups is 1. The minimum atomic E-state index is -0.00900. The van der Waals surface area contributed by atoms with E-state index in [1.165, 1.54) is 0 Å². The first-order valence-corrected chi connectivity index (χ1v) is 7.35. The van der Waals surface area contributed by atoms with Crippen molar-refractivity contribution in [2.75, 3.05) is 13.1 Å². The van der Waals surface area contributed by atoms with Gasteiger partial charge in [0, 0.05) is 11.4 Å². The Bertz CT molecular complexity index is 349. The van der Waals surface area contributed by atoms with Crippen molar-refractivity contribution in [2.24, 2.45) is 5.73 Å². The van der Waals surface area contributed by atoms with Gasteiger partial charge in [0.05, 0.1) is 5.25 Å². The number of hydrogen-bond acceptors (Lipinski definition) is 3. The van der Waals surface area contributed by atoms with Gasteiger partial charge in [0.15, 0.2) is 0 Å². The van der Waals surface area contributed by atoms with Crippen molar-refractivity contribution in [1.29, 1.82) is 0 Å². The van der Waals surface area contributed by atoms with Crippen LogP contribution in [-0.4, -0.2) is 24.2 Å². The van der Waals surface area contributed by atoms with Gasteiger partial charge in [-0.25, -0.2) is 0 Å². The Morgan fingerprint density at radius 2 is 2.00 bits per heavy atom. The number of carbonyl (C=O) groups excluding carboxylic acids is 1. The standard InChI is InChI=1S/C14H22N2OS.ClH/c1-2-13(14(17)16-11-7-6-10-15)18-12-8-4-3-5-9-12;/h3-5,8-9,13H,2,6-7,10-11,15H2,1H3,(H,16,17);1H. The molecule has 0 saturated carbocycles. The molecule has 1 rings (SSSR count). The molecule has 0 bridgehead atoms. The third-order valence-corrected chi connectivity index (χ3v) is 3.99. The van der Waals surface area contributed by atoms with E-state index in [-0.39, 0.29) is 23.6 Å². The molecule has 19 heavy (non-hydrogen) atoms. The van der Waals surface area contributed by atoms with Gasteiger partial charge in [-0.15, -0.1) is 24.2 Å². The third kappa shape index (κ3) is 7.45. The molecule has 0 fully saturated rings. The van der Waals surface area contributed by atoms with E-state index in [4.69, 9.17) is 5.73 Å². The largest absolute Gasteiger partial charge is 0.355 e. The van der Waals surface area contributed by atoms with Crippen molar-refractivity contribution in [2.45, 2.75) is 36.3 Å². The van der Waals surface area contributed by atoms with Gasteiger partial charge in [-0.2, -0.15) is 0 Å². The summed E-state index contributed by atoms with van der Waals surface area (Å²) >= 11 is 1.62. The summed E-state index contributed by atoms with van der Waals surface area (Å²) in [6, 6.07) is 10.0. The molecule has 0 aromatic heterocycles. The lowest BCUT2D eigenvalue weighted by atomic mass is 10.3. The maximum absolute atomic E-state index is 12.0. The second-order valence-electron chi connectivity index (χ2n) is 4.11. The average molecular weight is 303 g/mol. The molecular formula is C14H23ClN2OS. The van der Waals surface area contributed by atoms with Crippen LogP contribution in [0.2, 0.25) is 0 Å². The van der Waals surface area contributed by atoms with Crippen molar-refractivity contribution >= 4 is 30.1 Å². The van der Waals surface area contributed by atoms with Crippen LogP contribution in [0.5, 0.6) is 0 Å². The number of hydrogen-bond donors (Lipinski definition) is 2. The Labute approximate surface area is 126 Å². The van der Waals surface area contributed by atoms with E-state index in [9.17, 15) is 4.79 Å². The highest BCUT2D eigenvalue weighted by molar-refractivity contribution is 8.00. The van der Waals surface area contributed by atoms with Crippen LogP contribution in [0.4, 0.5) is 0 Å². The molecule has 0 heterocycles. The van der Waals surface area contributed by atoms with Crippen molar-refractivity contribution in [3.8, 4) is 0 Å². The lowest BCUT2D eigenvalue weighted by molar-refractivity contribution is -0.120. The number of nitrogens with two attached hydrogens (primary N) is 1. The minimum Gasteiger partial charge on any atom is -0.355 e. The summed E-state index contributed by atoms with van der Waals surface area (Å²) in [4.78, 5) is 13.1. The molecule has 3 nitrogen and oxygen atoms in total. The summed E-state index contributed by atoms with van der Waals surface area (Å²) in [5, 5.41) is 2.96. The van der Waals surface area contributed by atoms with Crippen molar-refractivity contribution in [3.63, 3.8) is 0 Å². The SMILES string of the molecule is CCC(Sc1ccccc1)C(=O)NCCCCN.Cl. The lowest BCUT2D eigenvalue weighted by Gasteiger charge is -2.14. The maximum atomic E-state index is 12.0. The number of rotatable bonds is 8. The Kier molecular flexibility index (Phi) is 10.7. The average Bonchev–Trinajstić information content (AvgIpc) is 2.42. The number of benzene rings is 1. The molecule has 0 saturated heterocycles. The van der Waals surface area contributed by atoms with Gasteiger partial charge < -0.3 is 11.1 Å². The Hall–Kier alpha value is -0.710. The van der Waals surface area contributed by atoms with Gasteiger partial charge in [0.2, 0.25) is 5.91 Å². The summed E-state index contributed by atoms with van der Waals surface area (Å²) in [6.07, 6.45) is 2.75. The number of halogens is 1. The van der Waals surface area contributed by atoms with E-state index >= 15 is 0 Å². The zero-order chi connectivity index (χ0) is 13.2. The van der Waals surface area contributed by atoms with E-state index < -0.39 is 0 Å². The molecule has 5 heteroatoms. The molecule has 1 atom stereocenters. The van der Waals surface area contributed by atoms with Gasteiger partial charge in [-0.3, -0.25) is 4.79 Å². The predicted octanol–water partition coefficient (Wildman–Crippen LogP) is 2.83. The maximum Gasteiger partial charge on any atom is 0.233 e. The van der Waals surface area contributed by atoms with Gasteiger partial charge >= 0.3 is 0 Å². The number of unbranched alkanes of at least 4 members (excludes halogenated alkanes) is 1. The number of amides is 1. The highest BCUT2D eigenvalue weighted by Gasteiger charge is 2.16. The van der Waals surface area contributed by atoms with Crippen LogP contribution >= 0.6 is 24.2 Å². The van der Waals surface area contributed by atoms with Crippen molar-refractivity contribution in [1.82, 2.24) is 5.32 Å². The highest BCUT2D eigenvalue weighted by Crippen LogP contribution is 2.24. The third-order valence-electron chi connectivity index (χ3n) is 2.61. The van der Waals surface area contributed by atoms with Crippen LogP contribution in [0.25, 0.3) is 0 Å². The van der Waals surface area contributed by atoms with Gasteiger partial charge in [0.25, 0.3) is 0 Å². The van der Waals surface area contributed by atoms with Crippen LogP contribution in [-0.2, 0) is 4.79 Å². The quantitative estimate of drug-likeness (QED) is 0.573. The predicted molar refractivity (Wildman–Crippen MR) is 84.9 cm³/mol. The first-order chi connectivity index (χ1) is 8.77. The molecule has 3 N–H and O–H groups in total. The van der Waals surface area contributed by atoms with E-state index in [0.29, 0.717) is 6.54 Å². The Morgan fingerprint density at radius 3 is 2.58 bits per heavy atom. The molecule has 0 aliphatic rings. The highest BCUT2D eigenvalue weighted by atomic mass is 35.5. The number of thioether (sulfide) groups is 1. The first-order valence-electron chi connectivity index (χ1n) is 6.47. The summed E-state index contributed by atoms with van der Waals surface area (Å²) < 4.78 is 0. The smallest absolute Gasteiger partial charge is 0.233 e. The minimum absolute atomic E-state index is 0. The van der Waals surface area contributed by atoms with Crippen LogP contribution in [0.3, 0.4) is 0 Å². The summed E-state index contributed by atoms with van der Waals surface area (Å²) in [5.41, 5.74) is 5.42. The normalized spacial score (nSPS) is 11.5. The fourth-order valence-electron chi connectivity index (χ4n) is 1.58. The molecule has 108 valence electrons. The molecule has 0 aliphatic carbocycles. The molecule has 1 aromatic carbocycles. The molecule has 1 aromatic rings. The lowest BCUT2D eigenvalue weighted by Crippen LogP contribution is -2.33. The topological polar surface area (TPSA) is 55.1 Å². The molecule has 1 unspecified atom stereocenters. The fraction of sp³-hybridized carbons (Fsp3) is 0.500. The first kappa shape index (κ1) is 18.3. The van der Waals surface area contributed by atoms with Crippen LogP contribution in [0, 0.1) is 0 Å². The van der Waals surface area contributed by atoms with Crippen LogP contribution in [0.15, 0.2) is 35.2 Å². The number of nitrogens with one attached hydrogen (secondary N) is 1. The van der Waals surface area contributed by atoms with E-state index in [1.807, 2.05) is 37.3 Å². The van der Waals surface area contributed by atoms with Crippen molar-refractivity contribution < 1.29 is 4.79 Å². The van der Waals surface area contributed by atoms with Gasteiger partial charge in [-0.1, -0.05) is 25.1 Å². The van der Waals surface area contributed by atoms with E-state index in [2.05, 4.69) is 5.32 Å². The van der Waals surface area contributed by atoms with E-state index in [0.717, 1.165) is 30.7 Å².